The van der Waals surface area contributed by atoms with E-state index in [-0.39, 0.29) is 0 Å². The van der Waals surface area contributed by atoms with Crippen LogP contribution in [0.3, 0.4) is 0 Å². The summed E-state index contributed by atoms with van der Waals surface area (Å²) in [6.07, 6.45) is 1.93. The van der Waals surface area contributed by atoms with Gasteiger partial charge in [-0.3, -0.25) is 4.98 Å². The zero-order valence-electron chi connectivity index (χ0n) is 15.2. The maximum Gasteiger partial charge on any atom is 0.0780 e. The lowest BCUT2D eigenvalue weighted by atomic mass is 9.95. The van der Waals surface area contributed by atoms with E-state index in [1.807, 2.05) is 6.20 Å². The topological polar surface area (TPSA) is 12.9 Å². The molecule has 0 bridgehead atoms. The van der Waals surface area contributed by atoms with E-state index in [0.717, 1.165) is 11.3 Å². The van der Waals surface area contributed by atoms with Gasteiger partial charge >= 0.3 is 0 Å². The highest BCUT2D eigenvalue weighted by atomic mass is 14.7. The lowest BCUT2D eigenvalue weighted by Gasteiger charge is -2.11. The summed E-state index contributed by atoms with van der Waals surface area (Å²) in [7, 11) is 0. The first kappa shape index (κ1) is 15.8. The molecule has 0 atom stereocenters. The summed E-state index contributed by atoms with van der Waals surface area (Å²) in [4.78, 5) is 4.76. The van der Waals surface area contributed by atoms with Crippen molar-refractivity contribution in [2.24, 2.45) is 0 Å². The zero-order chi connectivity index (χ0) is 18.2. The van der Waals surface area contributed by atoms with E-state index in [1.165, 1.54) is 38.2 Å². The molecular formula is C26H19N. The Kier molecular flexibility index (Phi) is 3.72. The smallest absolute Gasteiger partial charge is 0.0780 e. The maximum atomic E-state index is 4.76. The summed E-state index contributed by atoms with van der Waals surface area (Å²) in [6.45, 7) is 2.15. The van der Waals surface area contributed by atoms with Crippen LogP contribution in [0.5, 0.6) is 0 Å². The summed E-state index contributed by atoms with van der Waals surface area (Å²) in [5.74, 6) is 0. The fourth-order valence-corrected chi connectivity index (χ4v) is 3.88. The van der Waals surface area contributed by atoms with Gasteiger partial charge in [-0.05, 0) is 58.0 Å². The maximum absolute atomic E-state index is 4.76. The van der Waals surface area contributed by atoms with Crippen molar-refractivity contribution < 1.29 is 0 Å². The minimum atomic E-state index is 1.04. The molecule has 1 heterocycles. The predicted molar refractivity (Wildman–Crippen MR) is 115 cm³/mol. The highest BCUT2D eigenvalue weighted by molar-refractivity contribution is 6.11. The molecule has 27 heavy (non-hydrogen) atoms. The van der Waals surface area contributed by atoms with Gasteiger partial charge in [0.25, 0.3) is 0 Å². The molecule has 0 aliphatic heterocycles. The van der Waals surface area contributed by atoms with E-state index >= 15 is 0 Å². The number of hydrogen-bond donors (Lipinski definition) is 0. The SMILES string of the molecule is Cc1cc(-c2ccccc2)cc(-c2nccc3c2ccc2ccccc23)c1. The van der Waals surface area contributed by atoms with Gasteiger partial charge in [0.2, 0.25) is 0 Å². The fraction of sp³-hybridized carbons (Fsp3) is 0.0385. The number of aromatic nitrogens is 1. The molecule has 0 saturated carbocycles. The van der Waals surface area contributed by atoms with Crippen LogP contribution in [0.2, 0.25) is 0 Å². The molecule has 0 aliphatic rings. The van der Waals surface area contributed by atoms with Crippen molar-refractivity contribution >= 4 is 21.5 Å². The minimum Gasteiger partial charge on any atom is -0.256 e. The Morgan fingerprint density at radius 1 is 0.556 bits per heavy atom. The van der Waals surface area contributed by atoms with Gasteiger partial charge in [-0.15, -0.1) is 0 Å². The number of fused-ring (bicyclic) bond motifs is 3. The second kappa shape index (κ2) is 6.37. The van der Waals surface area contributed by atoms with Crippen molar-refractivity contribution in [3.05, 3.63) is 103 Å². The largest absolute Gasteiger partial charge is 0.256 e. The standard InChI is InChI=1S/C26H19N/c1-18-15-21(19-7-3-2-4-8-19)17-22(16-18)26-25-12-11-20-9-5-6-10-23(20)24(25)13-14-27-26/h2-17H,1H3. The highest BCUT2D eigenvalue weighted by Crippen LogP contribution is 2.34. The van der Waals surface area contributed by atoms with Gasteiger partial charge in [-0.2, -0.15) is 0 Å². The van der Waals surface area contributed by atoms with Gasteiger partial charge in [-0.25, -0.2) is 0 Å². The summed E-state index contributed by atoms with van der Waals surface area (Å²) >= 11 is 0. The number of nitrogens with zero attached hydrogens (tertiary/aromatic N) is 1. The van der Waals surface area contributed by atoms with Crippen LogP contribution in [0.4, 0.5) is 0 Å². The van der Waals surface area contributed by atoms with Gasteiger partial charge in [0, 0.05) is 17.1 Å². The Bertz CT molecular complexity index is 1270. The van der Waals surface area contributed by atoms with Crippen LogP contribution in [0.15, 0.2) is 97.2 Å². The molecular weight excluding hydrogens is 326 g/mol. The van der Waals surface area contributed by atoms with E-state index in [2.05, 4.69) is 97.9 Å². The van der Waals surface area contributed by atoms with Crippen molar-refractivity contribution in [2.75, 3.05) is 0 Å². The van der Waals surface area contributed by atoms with Crippen LogP contribution in [0.25, 0.3) is 43.9 Å². The average Bonchev–Trinajstić information content (AvgIpc) is 2.73. The number of rotatable bonds is 2. The van der Waals surface area contributed by atoms with E-state index in [9.17, 15) is 0 Å². The predicted octanol–water partition coefficient (Wildman–Crippen LogP) is 7.03. The van der Waals surface area contributed by atoms with Crippen LogP contribution in [-0.2, 0) is 0 Å². The van der Waals surface area contributed by atoms with Crippen molar-refractivity contribution in [1.29, 1.82) is 0 Å². The van der Waals surface area contributed by atoms with Gasteiger partial charge < -0.3 is 0 Å². The molecule has 0 spiro atoms. The monoisotopic (exact) mass is 345 g/mol. The van der Waals surface area contributed by atoms with Gasteiger partial charge in [0.15, 0.2) is 0 Å². The summed E-state index contributed by atoms with van der Waals surface area (Å²) < 4.78 is 0. The van der Waals surface area contributed by atoms with Crippen molar-refractivity contribution in [3.63, 3.8) is 0 Å². The molecule has 5 rings (SSSR count). The number of pyridine rings is 1. The first-order chi connectivity index (χ1) is 13.3. The lowest BCUT2D eigenvalue weighted by Crippen LogP contribution is -1.89. The average molecular weight is 345 g/mol. The summed E-state index contributed by atoms with van der Waals surface area (Å²) in [5, 5.41) is 4.98. The van der Waals surface area contributed by atoms with Crippen LogP contribution in [-0.4, -0.2) is 4.98 Å². The first-order valence-electron chi connectivity index (χ1n) is 9.23. The molecule has 5 aromatic rings. The molecule has 0 fully saturated rings. The minimum absolute atomic E-state index is 1.04. The molecule has 4 aromatic carbocycles. The molecule has 1 aromatic heterocycles. The molecule has 1 heteroatoms. The van der Waals surface area contributed by atoms with E-state index < -0.39 is 0 Å². The molecule has 0 aliphatic carbocycles. The lowest BCUT2D eigenvalue weighted by molar-refractivity contribution is 1.35. The Hall–Kier alpha value is -3.45. The Morgan fingerprint density at radius 2 is 1.33 bits per heavy atom. The van der Waals surface area contributed by atoms with Crippen LogP contribution < -0.4 is 0 Å². The third-order valence-corrected chi connectivity index (χ3v) is 5.13. The Labute approximate surface area is 158 Å². The van der Waals surface area contributed by atoms with Gasteiger partial charge in [0.05, 0.1) is 5.69 Å². The molecule has 0 unspecified atom stereocenters. The fourth-order valence-electron chi connectivity index (χ4n) is 3.88. The molecule has 128 valence electrons. The summed E-state index contributed by atoms with van der Waals surface area (Å²) in [6, 6.07) is 32.3. The second-order valence-corrected chi connectivity index (χ2v) is 7.00. The normalized spacial score (nSPS) is 11.1. The molecule has 0 radical (unpaired) electrons. The quantitative estimate of drug-likeness (QED) is 0.313. The van der Waals surface area contributed by atoms with Gasteiger partial charge in [0.1, 0.15) is 0 Å². The van der Waals surface area contributed by atoms with Crippen LogP contribution in [0, 0.1) is 6.92 Å². The van der Waals surface area contributed by atoms with Gasteiger partial charge in [-0.1, -0.05) is 72.8 Å². The third kappa shape index (κ3) is 2.78. The first-order valence-corrected chi connectivity index (χ1v) is 9.23. The summed E-state index contributed by atoms with van der Waals surface area (Å²) in [5.41, 5.74) is 5.90. The molecule has 0 saturated heterocycles. The zero-order valence-corrected chi connectivity index (χ0v) is 15.2. The molecule has 1 nitrogen and oxygen atoms in total. The second-order valence-electron chi connectivity index (χ2n) is 7.00. The molecule has 0 amide bonds. The number of benzene rings is 4. The van der Waals surface area contributed by atoms with E-state index in [1.54, 1.807) is 0 Å². The third-order valence-electron chi connectivity index (χ3n) is 5.13. The van der Waals surface area contributed by atoms with E-state index in [4.69, 9.17) is 4.98 Å². The van der Waals surface area contributed by atoms with Crippen molar-refractivity contribution in [1.82, 2.24) is 4.98 Å². The number of hydrogen-bond acceptors (Lipinski definition) is 1. The van der Waals surface area contributed by atoms with Crippen LogP contribution in [0.1, 0.15) is 5.56 Å². The Morgan fingerprint density at radius 3 is 2.22 bits per heavy atom. The highest BCUT2D eigenvalue weighted by Gasteiger charge is 2.10. The van der Waals surface area contributed by atoms with Crippen molar-refractivity contribution in [2.45, 2.75) is 6.92 Å². The number of aryl methyl sites for hydroxylation is 1. The van der Waals surface area contributed by atoms with E-state index in [0.29, 0.717) is 0 Å². The van der Waals surface area contributed by atoms with Crippen molar-refractivity contribution in [3.8, 4) is 22.4 Å². The van der Waals surface area contributed by atoms with Crippen LogP contribution >= 0.6 is 0 Å². The Balaban J connectivity index is 1.77. The molecule has 0 N–H and O–H groups in total.